The molecule has 0 saturated heterocycles. The number of aryl methyl sites for hydroxylation is 1. The van der Waals surface area contributed by atoms with Gasteiger partial charge in [-0.2, -0.15) is 13.2 Å². The first-order chi connectivity index (χ1) is 11.9. The number of carbonyl (C=O) groups excluding carboxylic acids is 1. The van der Waals surface area contributed by atoms with Gasteiger partial charge in [0, 0.05) is 17.5 Å². The minimum Gasteiger partial charge on any atom is -0.310 e. The summed E-state index contributed by atoms with van der Waals surface area (Å²) < 4.78 is 39.8. The summed E-state index contributed by atoms with van der Waals surface area (Å²) >= 11 is 0.889. The Bertz CT molecular complexity index is 768. The summed E-state index contributed by atoms with van der Waals surface area (Å²) in [6.45, 7) is 0. The van der Waals surface area contributed by atoms with Gasteiger partial charge in [-0.3, -0.25) is 4.79 Å². The number of thioether (sulfide) groups is 1. The highest BCUT2D eigenvalue weighted by atomic mass is 32.2. The number of aromatic nitrogens is 3. The molecule has 0 atom stereocenters. The Balaban J connectivity index is 1.73. The second-order valence-electron chi connectivity index (χ2n) is 5.54. The van der Waals surface area contributed by atoms with Gasteiger partial charge in [-0.25, -0.2) is 15.0 Å². The number of rotatable bonds is 4. The molecular weight excluding hydrogens is 353 g/mol. The van der Waals surface area contributed by atoms with E-state index in [1.807, 2.05) is 0 Å². The molecule has 5 nitrogen and oxygen atoms in total. The van der Waals surface area contributed by atoms with Crippen LogP contribution in [0.25, 0.3) is 0 Å². The average Bonchev–Trinajstić information content (AvgIpc) is 2.59. The molecule has 2 heterocycles. The molecule has 9 heteroatoms. The summed E-state index contributed by atoms with van der Waals surface area (Å²) in [5.74, 6) is -0.0823. The van der Waals surface area contributed by atoms with Crippen LogP contribution in [0.15, 0.2) is 29.6 Å². The van der Waals surface area contributed by atoms with Gasteiger partial charge in [-0.15, -0.1) is 0 Å². The number of hydrogen-bond donors (Lipinski definition) is 1. The van der Waals surface area contributed by atoms with Gasteiger partial charge < -0.3 is 5.32 Å². The van der Waals surface area contributed by atoms with E-state index in [-0.39, 0.29) is 22.4 Å². The van der Waals surface area contributed by atoms with E-state index in [1.165, 1.54) is 6.20 Å². The van der Waals surface area contributed by atoms with Crippen molar-refractivity contribution in [2.24, 2.45) is 0 Å². The minimum atomic E-state index is -4.52. The van der Waals surface area contributed by atoms with Crippen molar-refractivity contribution in [3.05, 3.63) is 41.3 Å². The standard InChI is InChI=1S/C16H15F3N4OS/c17-16(18,19)14-10-5-1-2-6-11(10)21-15(23-14)25-9-13(24)22-12-7-3-4-8-20-12/h3-4,7-8H,1-2,5-6,9H2,(H,20,22,24). The second kappa shape index (κ2) is 7.38. The molecule has 0 unspecified atom stereocenters. The summed E-state index contributed by atoms with van der Waals surface area (Å²) in [6.07, 6.45) is -0.616. The number of nitrogens with one attached hydrogen (secondary N) is 1. The first-order valence-corrected chi connectivity index (χ1v) is 8.73. The molecule has 0 saturated carbocycles. The third kappa shape index (κ3) is 4.47. The van der Waals surface area contributed by atoms with Crippen LogP contribution in [-0.2, 0) is 23.8 Å². The first kappa shape index (κ1) is 17.7. The summed E-state index contributed by atoms with van der Waals surface area (Å²) in [6, 6.07) is 5.06. The normalized spacial score (nSPS) is 14.0. The van der Waals surface area contributed by atoms with E-state index in [1.54, 1.807) is 18.2 Å². The Kier molecular flexibility index (Phi) is 5.22. The van der Waals surface area contributed by atoms with Gasteiger partial charge in [-0.1, -0.05) is 17.8 Å². The van der Waals surface area contributed by atoms with Crippen LogP contribution >= 0.6 is 11.8 Å². The number of alkyl halides is 3. The summed E-state index contributed by atoms with van der Waals surface area (Å²) in [5.41, 5.74) is -0.230. The third-order valence-corrected chi connectivity index (χ3v) is 4.54. The van der Waals surface area contributed by atoms with E-state index < -0.39 is 11.9 Å². The lowest BCUT2D eigenvalue weighted by Crippen LogP contribution is -2.20. The van der Waals surface area contributed by atoms with Crippen molar-refractivity contribution in [2.75, 3.05) is 11.1 Å². The zero-order chi connectivity index (χ0) is 17.9. The van der Waals surface area contributed by atoms with Crippen LogP contribution in [0.5, 0.6) is 0 Å². The number of carbonyl (C=O) groups is 1. The molecule has 0 aromatic carbocycles. The van der Waals surface area contributed by atoms with Crippen LogP contribution in [0, 0.1) is 0 Å². The van der Waals surface area contributed by atoms with Gasteiger partial charge >= 0.3 is 6.18 Å². The molecule has 2 aromatic heterocycles. The van der Waals surface area contributed by atoms with Crippen LogP contribution in [0.1, 0.15) is 29.8 Å². The van der Waals surface area contributed by atoms with Crippen molar-refractivity contribution in [2.45, 2.75) is 37.0 Å². The van der Waals surface area contributed by atoms with Gasteiger partial charge in [0.2, 0.25) is 5.91 Å². The van der Waals surface area contributed by atoms with Gasteiger partial charge in [0.25, 0.3) is 0 Å². The maximum atomic E-state index is 13.3. The predicted octanol–water partition coefficient (Wildman–Crippen LogP) is 3.50. The Hall–Kier alpha value is -2.16. The zero-order valence-electron chi connectivity index (χ0n) is 13.1. The highest BCUT2D eigenvalue weighted by Gasteiger charge is 2.38. The van der Waals surface area contributed by atoms with Crippen molar-refractivity contribution < 1.29 is 18.0 Å². The number of anilines is 1. The molecule has 0 aliphatic heterocycles. The lowest BCUT2D eigenvalue weighted by Gasteiger charge is -2.20. The van der Waals surface area contributed by atoms with Gasteiger partial charge in [0.15, 0.2) is 10.9 Å². The molecule has 2 aromatic rings. The van der Waals surface area contributed by atoms with Crippen LogP contribution in [0.4, 0.5) is 19.0 Å². The molecule has 1 amide bonds. The second-order valence-corrected chi connectivity index (χ2v) is 6.48. The van der Waals surface area contributed by atoms with Crippen LogP contribution in [0.2, 0.25) is 0 Å². The van der Waals surface area contributed by atoms with E-state index in [0.29, 0.717) is 30.8 Å². The van der Waals surface area contributed by atoms with E-state index in [2.05, 4.69) is 20.3 Å². The molecule has 0 bridgehead atoms. The first-order valence-electron chi connectivity index (χ1n) is 7.74. The molecule has 0 fully saturated rings. The largest absolute Gasteiger partial charge is 0.433 e. The van der Waals surface area contributed by atoms with Gasteiger partial charge in [0.05, 0.1) is 5.75 Å². The third-order valence-electron chi connectivity index (χ3n) is 3.70. The summed E-state index contributed by atoms with van der Waals surface area (Å²) in [4.78, 5) is 23.8. The number of halogens is 3. The molecule has 1 N–H and O–H groups in total. The van der Waals surface area contributed by atoms with Crippen LogP contribution < -0.4 is 5.32 Å². The average molecular weight is 368 g/mol. The predicted molar refractivity (Wildman–Crippen MR) is 87.3 cm³/mol. The molecular formula is C16H15F3N4OS. The van der Waals surface area contributed by atoms with Crippen molar-refractivity contribution in [3.8, 4) is 0 Å². The number of pyridine rings is 1. The van der Waals surface area contributed by atoms with E-state index in [9.17, 15) is 18.0 Å². The molecule has 1 aliphatic carbocycles. The minimum absolute atomic E-state index is 0.0239. The Morgan fingerprint density at radius 3 is 2.72 bits per heavy atom. The monoisotopic (exact) mass is 368 g/mol. The van der Waals surface area contributed by atoms with Gasteiger partial charge in [0.1, 0.15) is 5.82 Å². The smallest absolute Gasteiger partial charge is 0.310 e. The number of hydrogen-bond acceptors (Lipinski definition) is 5. The molecule has 0 spiro atoms. The van der Waals surface area contributed by atoms with Crippen molar-refractivity contribution in [1.29, 1.82) is 0 Å². The summed E-state index contributed by atoms with van der Waals surface area (Å²) in [5, 5.41) is 2.55. The van der Waals surface area contributed by atoms with Crippen molar-refractivity contribution >= 4 is 23.5 Å². The summed E-state index contributed by atoms with van der Waals surface area (Å²) in [7, 11) is 0. The lowest BCUT2D eigenvalue weighted by atomic mass is 9.94. The fraction of sp³-hybridized carbons (Fsp3) is 0.375. The topological polar surface area (TPSA) is 67.8 Å². The highest BCUT2D eigenvalue weighted by molar-refractivity contribution is 7.99. The lowest BCUT2D eigenvalue weighted by molar-refractivity contribution is -0.142. The van der Waals surface area contributed by atoms with Crippen LogP contribution in [-0.4, -0.2) is 26.6 Å². The number of nitrogens with zero attached hydrogens (tertiary/aromatic N) is 3. The quantitative estimate of drug-likeness (QED) is 0.661. The zero-order valence-corrected chi connectivity index (χ0v) is 14.0. The van der Waals surface area contributed by atoms with E-state index >= 15 is 0 Å². The van der Waals surface area contributed by atoms with E-state index in [0.717, 1.165) is 18.2 Å². The molecule has 3 rings (SSSR count). The molecule has 0 radical (unpaired) electrons. The SMILES string of the molecule is O=C(CSc1nc2c(c(C(F)(F)F)n1)CCCC2)Nc1ccccn1. The number of fused-ring (bicyclic) bond motifs is 1. The fourth-order valence-electron chi connectivity index (χ4n) is 2.62. The van der Waals surface area contributed by atoms with Crippen LogP contribution in [0.3, 0.4) is 0 Å². The molecule has 25 heavy (non-hydrogen) atoms. The van der Waals surface area contributed by atoms with E-state index in [4.69, 9.17) is 0 Å². The molecule has 1 aliphatic rings. The Morgan fingerprint density at radius 2 is 2.00 bits per heavy atom. The highest BCUT2D eigenvalue weighted by Crippen LogP contribution is 2.35. The van der Waals surface area contributed by atoms with Crippen molar-refractivity contribution in [3.63, 3.8) is 0 Å². The number of amides is 1. The fourth-order valence-corrected chi connectivity index (χ4v) is 3.28. The van der Waals surface area contributed by atoms with Gasteiger partial charge in [-0.05, 0) is 37.8 Å². The maximum Gasteiger partial charge on any atom is 0.433 e. The molecule has 132 valence electrons. The Morgan fingerprint density at radius 1 is 1.20 bits per heavy atom. The Labute approximate surface area is 146 Å². The van der Waals surface area contributed by atoms with Crippen molar-refractivity contribution in [1.82, 2.24) is 15.0 Å². The maximum absolute atomic E-state index is 13.3.